The summed E-state index contributed by atoms with van der Waals surface area (Å²) in [6, 6.07) is 7.27. The number of carbonyl (C=O) groups excluding carboxylic acids is 1. The molecule has 0 bridgehead atoms. The maximum absolute atomic E-state index is 13.3. The van der Waals surface area contributed by atoms with Gasteiger partial charge in [-0.1, -0.05) is 35.4 Å². The molecule has 0 saturated carbocycles. The van der Waals surface area contributed by atoms with E-state index in [1.54, 1.807) is 17.1 Å². The average molecular weight is 413 g/mol. The number of halogens is 3. The first kappa shape index (κ1) is 20.4. The molecule has 0 atom stereocenters. The smallest absolute Gasteiger partial charge is 0.431 e. The number of amides is 1. The summed E-state index contributed by atoms with van der Waals surface area (Å²) in [5.74, 6) is 0.121. The molecular formula is C18H18F3N3O3S. The number of carbonyl (C=O) groups is 1. The highest BCUT2D eigenvalue weighted by atomic mass is 32.2. The van der Waals surface area contributed by atoms with Crippen LogP contribution in [0.15, 0.2) is 35.1 Å². The van der Waals surface area contributed by atoms with Gasteiger partial charge in [0.2, 0.25) is 0 Å². The van der Waals surface area contributed by atoms with E-state index in [0.29, 0.717) is 31.1 Å². The molecule has 1 amide bonds. The molecule has 28 heavy (non-hydrogen) atoms. The van der Waals surface area contributed by atoms with Gasteiger partial charge >= 0.3 is 6.18 Å². The standard InChI is InChI=1S/C18H18F3N3O3S/c19-18(20,21)15-13(9-14(16(22)25)17(26)23-15)12-3-1-11(2-4-12)10-24-5-7-28(27)8-6-24/h1-4,9H,5-8,10H2,(H2,22,25)(H,23,26). The van der Waals surface area contributed by atoms with E-state index in [1.165, 1.54) is 12.1 Å². The molecule has 6 nitrogen and oxygen atoms in total. The average Bonchev–Trinajstić information content (AvgIpc) is 2.63. The topological polar surface area (TPSA) is 102 Å². The van der Waals surface area contributed by atoms with Gasteiger partial charge in [0, 0.05) is 25.2 Å². The zero-order valence-corrected chi connectivity index (χ0v) is 15.5. The highest BCUT2D eigenvalue weighted by Crippen LogP contribution is 2.35. The lowest BCUT2D eigenvalue weighted by atomic mass is 10.00. The number of nitrogens with two attached hydrogens (primary N) is 1. The van der Waals surface area contributed by atoms with Crippen molar-refractivity contribution in [1.82, 2.24) is 9.88 Å². The number of primary amides is 1. The van der Waals surface area contributed by atoms with Crippen LogP contribution in [0.1, 0.15) is 21.6 Å². The van der Waals surface area contributed by atoms with Crippen LogP contribution in [0.25, 0.3) is 11.1 Å². The summed E-state index contributed by atoms with van der Waals surface area (Å²) in [5.41, 5.74) is 2.93. The van der Waals surface area contributed by atoms with Gasteiger partial charge in [-0.25, -0.2) is 0 Å². The molecule has 0 aliphatic carbocycles. The number of alkyl halides is 3. The maximum Gasteiger partial charge on any atom is 0.431 e. The van der Waals surface area contributed by atoms with Crippen LogP contribution in [-0.4, -0.2) is 44.9 Å². The summed E-state index contributed by atoms with van der Waals surface area (Å²) in [6.45, 7) is 2.00. The predicted molar refractivity (Wildman–Crippen MR) is 99.2 cm³/mol. The van der Waals surface area contributed by atoms with Gasteiger partial charge in [-0.15, -0.1) is 0 Å². The first-order valence-electron chi connectivity index (χ1n) is 8.46. The summed E-state index contributed by atoms with van der Waals surface area (Å²) >= 11 is -0.782. The van der Waals surface area contributed by atoms with Crippen molar-refractivity contribution < 1.29 is 22.5 Å². The van der Waals surface area contributed by atoms with Gasteiger partial charge < -0.3 is 15.3 Å². The van der Waals surface area contributed by atoms with Gasteiger partial charge in [0.1, 0.15) is 22.8 Å². The molecule has 1 aromatic heterocycles. The number of aromatic nitrogens is 1. The van der Waals surface area contributed by atoms with E-state index >= 15 is 0 Å². The second-order valence-electron chi connectivity index (χ2n) is 6.48. The van der Waals surface area contributed by atoms with Gasteiger partial charge in [0.25, 0.3) is 11.5 Å². The van der Waals surface area contributed by atoms with E-state index in [1.807, 2.05) is 0 Å². The number of hydrogen-bond acceptors (Lipinski definition) is 4. The summed E-state index contributed by atoms with van der Waals surface area (Å²) in [5, 5.41) is 0. The molecule has 10 heteroatoms. The van der Waals surface area contributed by atoms with Crippen molar-refractivity contribution in [2.45, 2.75) is 12.7 Å². The Balaban J connectivity index is 1.91. The van der Waals surface area contributed by atoms with Gasteiger partial charge in [0.05, 0.1) is 0 Å². The fraction of sp³-hybridized carbons (Fsp3) is 0.333. The number of pyridine rings is 1. The summed E-state index contributed by atoms with van der Waals surface area (Å²) < 4.78 is 51.5. The number of benzene rings is 1. The third kappa shape index (κ3) is 4.57. The monoisotopic (exact) mass is 413 g/mol. The number of rotatable bonds is 4. The molecule has 3 N–H and O–H groups in total. The molecule has 2 aromatic rings. The lowest BCUT2D eigenvalue weighted by Crippen LogP contribution is -2.39. The lowest BCUT2D eigenvalue weighted by Gasteiger charge is -2.28. The first-order valence-corrected chi connectivity index (χ1v) is 9.95. The number of hydrogen-bond donors (Lipinski definition) is 2. The second kappa shape index (κ2) is 7.98. The largest absolute Gasteiger partial charge is 0.616 e. The molecule has 150 valence electrons. The van der Waals surface area contributed by atoms with Crippen molar-refractivity contribution in [2.75, 3.05) is 24.6 Å². The van der Waals surface area contributed by atoms with Crippen LogP contribution in [0.4, 0.5) is 13.2 Å². The number of nitrogens with zero attached hydrogens (tertiary/aromatic N) is 1. The maximum atomic E-state index is 13.3. The minimum Gasteiger partial charge on any atom is -0.616 e. The first-order chi connectivity index (χ1) is 13.1. The third-order valence-corrected chi connectivity index (χ3v) is 5.81. The minimum atomic E-state index is -4.80. The van der Waals surface area contributed by atoms with E-state index in [2.05, 4.69) is 4.90 Å². The molecule has 1 aliphatic heterocycles. The summed E-state index contributed by atoms with van der Waals surface area (Å²) in [4.78, 5) is 26.9. The Morgan fingerprint density at radius 1 is 1.21 bits per heavy atom. The van der Waals surface area contributed by atoms with E-state index < -0.39 is 40.1 Å². The van der Waals surface area contributed by atoms with E-state index in [9.17, 15) is 27.3 Å². The van der Waals surface area contributed by atoms with Crippen molar-refractivity contribution in [2.24, 2.45) is 5.73 Å². The molecule has 1 saturated heterocycles. The molecule has 2 heterocycles. The normalized spacial score (nSPS) is 16.3. The quantitative estimate of drug-likeness (QED) is 0.745. The molecule has 0 radical (unpaired) electrons. The SMILES string of the molecule is NC(=O)c1cc(-c2ccc(CN3CC[S+]([O-])CC3)cc2)c(C(F)(F)F)[nH]c1=O. The zero-order valence-electron chi connectivity index (χ0n) is 14.7. The molecular weight excluding hydrogens is 395 g/mol. The Bertz CT molecular complexity index is 920. The van der Waals surface area contributed by atoms with E-state index in [-0.39, 0.29) is 11.1 Å². The third-order valence-electron chi connectivity index (χ3n) is 4.53. The van der Waals surface area contributed by atoms with Gasteiger partial charge in [-0.3, -0.25) is 14.5 Å². The Hall–Kier alpha value is -2.30. The van der Waals surface area contributed by atoms with Crippen molar-refractivity contribution in [3.05, 3.63) is 57.5 Å². The molecule has 3 rings (SSSR count). The van der Waals surface area contributed by atoms with Crippen LogP contribution >= 0.6 is 0 Å². The lowest BCUT2D eigenvalue weighted by molar-refractivity contribution is -0.140. The van der Waals surface area contributed by atoms with Gasteiger partial charge in [-0.05, 0) is 17.2 Å². The molecule has 1 fully saturated rings. The fourth-order valence-corrected chi connectivity index (χ4v) is 4.17. The van der Waals surface area contributed by atoms with Crippen LogP contribution in [-0.2, 0) is 23.9 Å². The molecule has 0 spiro atoms. The van der Waals surface area contributed by atoms with E-state index in [4.69, 9.17) is 5.73 Å². The molecule has 1 aromatic carbocycles. The van der Waals surface area contributed by atoms with Crippen molar-refractivity contribution >= 4 is 17.1 Å². The predicted octanol–water partition coefficient (Wildman–Crippen LogP) is 1.72. The van der Waals surface area contributed by atoms with Crippen molar-refractivity contribution in [1.29, 1.82) is 0 Å². The van der Waals surface area contributed by atoms with Crippen LogP contribution in [0, 0.1) is 0 Å². The van der Waals surface area contributed by atoms with Crippen LogP contribution < -0.4 is 11.3 Å². The Labute approximate surface area is 161 Å². The van der Waals surface area contributed by atoms with E-state index in [0.717, 1.165) is 11.6 Å². The van der Waals surface area contributed by atoms with Gasteiger partial charge in [0.15, 0.2) is 0 Å². The summed E-state index contributed by atoms with van der Waals surface area (Å²) in [7, 11) is 0. The van der Waals surface area contributed by atoms with Crippen molar-refractivity contribution in [3.8, 4) is 11.1 Å². The van der Waals surface area contributed by atoms with Gasteiger partial charge in [-0.2, -0.15) is 13.2 Å². The molecule has 0 unspecified atom stereocenters. The Morgan fingerprint density at radius 2 is 1.82 bits per heavy atom. The highest BCUT2D eigenvalue weighted by molar-refractivity contribution is 7.91. The minimum absolute atomic E-state index is 0.203. The summed E-state index contributed by atoms with van der Waals surface area (Å²) in [6.07, 6.45) is -4.80. The number of H-pyrrole nitrogens is 1. The zero-order chi connectivity index (χ0) is 20.5. The van der Waals surface area contributed by atoms with Crippen LogP contribution in [0.2, 0.25) is 0 Å². The Morgan fingerprint density at radius 3 is 2.36 bits per heavy atom. The number of nitrogens with one attached hydrogen (secondary N) is 1. The highest BCUT2D eigenvalue weighted by Gasteiger charge is 2.36. The molecule has 1 aliphatic rings. The Kier molecular flexibility index (Phi) is 5.82. The van der Waals surface area contributed by atoms with Crippen LogP contribution in [0.5, 0.6) is 0 Å². The van der Waals surface area contributed by atoms with Crippen molar-refractivity contribution in [3.63, 3.8) is 0 Å². The fourth-order valence-electron chi connectivity index (χ4n) is 3.05. The second-order valence-corrected chi connectivity index (χ2v) is 8.18. The number of aromatic amines is 1. The van der Waals surface area contributed by atoms with Crippen LogP contribution in [0.3, 0.4) is 0 Å².